The first-order valence-electron chi connectivity index (χ1n) is 9.20. The number of nitrogens with zero attached hydrogens (tertiary/aromatic N) is 7. The van der Waals surface area contributed by atoms with Crippen LogP contribution in [0.3, 0.4) is 0 Å². The van der Waals surface area contributed by atoms with Crippen LogP contribution >= 0.6 is 39.1 Å². The van der Waals surface area contributed by atoms with Gasteiger partial charge in [-0.25, -0.2) is 4.98 Å². The Labute approximate surface area is 199 Å². The summed E-state index contributed by atoms with van der Waals surface area (Å²) < 4.78 is 8.05. The second kappa shape index (κ2) is 9.51. The highest BCUT2D eigenvalue weighted by Crippen LogP contribution is 2.32. The van der Waals surface area contributed by atoms with Gasteiger partial charge in [0.15, 0.2) is 17.2 Å². The highest BCUT2D eigenvalue weighted by atomic mass is 79.9. The molecule has 0 aliphatic heterocycles. The number of nitriles is 2. The third kappa shape index (κ3) is 5.35. The summed E-state index contributed by atoms with van der Waals surface area (Å²) in [6, 6.07) is 8.31. The van der Waals surface area contributed by atoms with Gasteiger partial charge in [0.1, 0.15) is 30.3 Å². The highest BCUT2D eigenvalue weighted by Gasteiger charge is 2.22. The van der Waals surface area contributed by atoms with Crippen molar-refractivity contribution in [2.24, 2.45) is 0 Å². The van der Waals surface area contributed by atoms with Crippen LogP contribution in [0.2, 0.25) is 35.7 Å². The topological polar surface area (TPSA) is 105 Å². The van der Waals surface area contributed by atoms with Crippen LogP contribution in [-0.4, -0.2) is 39.2 Å². The molecule has 3 rings (SSSR count). The zero-order valence-corrected chi connectivity index (χ0v) is 21.1. The molecule has 8 nitrogen and oxygen atoms in total. The molecule has 12 heteroatoms. The fourth-order valence-electron chi connectivity index (χ4n) is 2.70. The van der Waals surface area contributed by atoms with E-state index in [1.54, 1.807) is 12.1 Å². The molecule has 0 spiro atoms. The van der Waals surface area contributed by atoms with E-state index in [1.165, 1.54) is 15.6 Å². The van der Waals surface area contributed by atoms with Crippen LogP contribution in [0.25, 0.3) is 17.2 Å². The number of hydrogen-bond donors (Lipinski definition) is 0. The number of halogens is 3. The molecule has 0 saturated heterocycles. The molecular weight excluding hydrogens is 521 g/mol. The van der Waals surface area contributed by atoms with Crippen LogP contribution < -0.4 is 0 Å². The Balaban J connectivity index is 1.97. The minimum Gasteiger partial charge on any atom is -0.361 e. The summed E-state index contributed by atoms with van der Waals surface area (Å²) in [4.78, 5) is 5.57. The number of hydrogen-bond acceptors (Lipinski definition) is 6. The fraction of sp³-hybridized carbons (Fsp3) is 0.316. The zero-order chi connectivity index (χ0) is 22.8. The Morgan fingerprint density at radius 2 is 1.84 bits per heavy atom. The maximum absolute atomic E-state index is 9.57. The summed E-state index contributed by atoms with van der Waals surface area (Å²) in [5, 5.41) is 28.3. The Morgan fingerprint density at radius 3 is 2.42 bits per heavy atom. The van der Waals surface area contributed by atoms with Gasteiger partial charge in [0, 0.05) is 19.2 Å². The van der Waals surface area contributed by atoms with Crippen LogP contribution in [0.4, 0.5) is 0 Å². The minimum atomic E-state index is -1.27. The van der Waals surface area contributed by atoms with E-state index in [0.29, 0.717) is 33.9 Å². The van der Waals surface area contributed by atoms with Gasteiger partial charge in [-0.2, -0.15) is 15.6 Å². The van der Waals surface area contributed by atoms with Gasteiger partial charge >= 0.3 is 0 Å². The average Bonchev–Trinajstić information content (AvgIpc) is 3.27. The summed E-state index contributed by atoms with van der Waals surface area (Å²) in [6.45, 7) is 7.39. The smallest absolute Gasteiger partial charge is 0.177 e. The Morgan fingerprint density at radius 1 is 1.16 bits per heavy atom. The molecule has 0 fully saturated rings. The number of ether oxygens (including phenoxy) is 1. The van der Waals surface area contributed by atoms with Gasteiger partial charge in [0.2, 0.25) is 0 Å². The number of imidazole rings is 1. The van der Waals surface area contributed by atoms with Crippen molar-refractivity contribution in [2.45, 2.75) is 32.4 Å². The lowest BCUT2D eigenvalue weighted by Crippen LogP contribution is -2.22. The van der Waals surface area contributed by atoms with Gasteiger partial charge in [0.25, 0.3) is 0 Å². The van der Waals surface area contributed by atoms with Gasteiger partial charge in [0.05, 0.1) is 16.2 Å². The minimum absolute atomic E-state index is 0.000512. The lowest BCUT2D eigenvalue weighted by atomic mass is 10.3. The first-order chi connectivity index (χ1) is 14.6. The van der Waals surface area contributed by atoms with Gasteiger partial charge in [-0.3, -0.25) is 4.57 Å². The molecule has 1 aromatic carbocycles. The van der Waals surface area contributed by atoms with Crippen molar-refractivity contribution in [2.75, 3.05) is 6.61 Å². The van der Waals surface area contributed by atoms with E-state index < -0.39 is 8.07 Å². The predicted octanol–water partition coefficient (Wildman–Crippen LogP) is 5.26. The van der Waals surface area contributed by atoms with Crippen molar-refractivity contribution in [3.63, 3.8) is 0 Å². The van der Waals surface area contributed by atoms with Crippen LogP contribution in [-0.2, 0) is 11.5 Å². The van der Waals surface area contributed by atoms with Crippen molar-refractivity contribution in [1.82, 2.24) is 24.5 Å². The molecule has 0 aliphatic carbocycles. The molecular formula is C19H18BrCl2N7OSi. The van der Waals surface area contributed by atoms with Crippen LogP contribution in [0.15, 0.2) is 22.8 Å². The normalized spacial score (nSPS) is 11.4. The van der Waals surface area contributed by atoms with Gasteiger partial charge < -0.3 is 4.74 Å². The molecule has 0 radical (unpaired) electrons. The summed E-state index contributed by atoms with van der Waals surface area (Å²) in [5.41, 5.74) is 0.866. The van der Waals surface area contributed by atoms with Crippen LogP contribution in [0.5, 0.6) is 0 Å². The zero-order valence-electron chi connectivity index (χ0n) is 17.0. The molecule has 2 heterocycles. The largest absolute Gasteiger partial charge is 0.361 e. The monoisotopic (exact) mass is 537 g/mol. The Bertz CT molecular complexity index is 1180. The van der Waals surface area contributed by atoms with Crippen molar-refractivity contribution >= 4 is 47.2 Å². The highest BCUT2D eigenvalue weighted by molar-refractivity contribution is 9.10. The number of benzene rings is 1. The van der Waals surface area contributed by atoms with E-state index in [0.717, 1.165) is 10.5 Å². The Kier molecular flexibility index (Phi) is 7.19. The second-order valence-corrected chi connectivity index (χ2v) is 15.2. The van der Waals surface area contributed by atoms with Crippen molar-refractivity contribution < 1.29 is 4.74 Å². The second-order valence-electron chi connectivity index (χ2n) is 7.87. The van der Waals surface area contributed by atoms with Crippen molar-refractivity contribution in [3.05, 3.63) is 44.2 Å². The van der Waals surface area contributed by atoms with E-state index >= 15 is 0 Å². The molecule has 160 valence electrons. The molecule has 0 atom stereocenters. The molecule has 31 heavy (non-hydrogen) atoms. The molecule has 2 aromatic heterocycles. The summed E-state index contributed by atoms with van der Waals surface area (Å²) in [6.07, 6.45) is 1.47. The molecule has 0 amide bonds. The fourth-order valence-corrected chi connectivity index (χ4v) is 4.81. The molecule has 0 aliphatic rings. The number of aromatic nitrogens is 5. The van der Waals surface area contributed by atoms with E-state index in [1.807, 2.05) is 12.1 Å². The molecule has 3 aromatic rings. The molecule has 0 N–H and O–H groups in total. The number of rotatable bonds is 7. The predicted molar refractivity (Wildman–Crippen MR) is 124 cm³/mol. The maximum atomic E-state index is 9.57. The van der Waals surface area contributed by atoms with E-state index in [4.69, 9.17) is 27.9 Å². The summed E-state index contributed by atoms with van der Waals surface area (Å²) in [5.74, 6) is 0.303. The SMILES string of the molecule is C[Si](C)(C)CCOCn1c(-c2cnn(-c3c(Cl)cc(Br)cc3Cl)n2)nc(C#N)c1C#N. The van der Waals surface area contributed by atoms with E-state index in [2.05, 4.69) is 50.8 Å². The van der Waals surface area contributed by atoms with Crippen molar-refractivity contribution in [1.29, 1.82) is 10.5 Å². The Hall–Kier alpha value is -2.21. The molecule has 0 saturated carbocycles. The molecule has 0 unspecified atom stereocenters. The average molecular weight is 539 g/mol. The maximum Gasteiger partial charge on any atom is 0.177 e. The summed E-state index contributed by atoms with van der Waals surface area (Å²) >= 11 is 16.0. The van der Waals surface area contributed by atoms with Crippen LogP contribution in [0.1, 0.15) is 11.4 Å². The standard InChI is InChI=1S/C19H18BrCl2N7OSi/c1-31(2,3)5-4-30-11-28-17(9-24)15(8-23)26-19(28)16-10-25-29(27-16)18-13(21)6-12(20)7-14(18)22/h6-7,10H,4-5,11H2,1-3H3. The van der Waals surface area contributed by atoms with Gasteiger partial charge in [-0.1, -0.05) is 58.8 Å². The summed E-state index contributed by atoms with van der Waals surface area (Å²) in [7, 11) is -1.27. The first kappa shape index (κ1) is 23.5. The van der Waals surface area contributed by atoms with Gasteiger partial charge in [-0.05, 0) is 18.2 Å². The van der Waals surface area contributed by atoms with Crippen molar-refractivity contribution in [3.8, 4) is 29.3 Å². The third-order valence-electron chi connectivity index (χ3n) is 4.30. The first-order valence-corrected chi connectivity index (χ1v) is 14.5. The lowest BCUT2D eigenvalue weighted by Gasteiger charge is -2.16. The van der Waals surface area contributed by atoms with Gasteiger partial charge in [-0.15, -0.1) is 9.90 Å². The quantitative estimate of drug-likeness (QED) is 0.300. The van der Waals surface area contributed by atoms with E-state index in [-0.39, 0.29) is 18.1 Å². The third-order valence-corrected chi connectivity index (χ3v) is 7.04. The molecule has 0 bridgehead atoms. The van der Waals surface area contributed by atoms with Crippen LogP contribution in [0, 0.1) is 22.7 Å². The lowest BCUT2D eigenvalue weighted by molar-refractivity contribution is 0.0877. The van der Waals surface area contributed by atoms with E-state index in [9.17, 15) is 10.5 Å².